The van der Waals surface area contributed by atoms with Crippen LogP contribution in [0.3, 0.4) is 0 Å². The Hall–Kier alpha value is -2.00. The van der Waals surface area contributed by atoms with E-state index in [1.807, 2.05) is 12.1 Å². The van der Waals surface area contributed by atoms with Crippen molar-refractivity contribution in [2.75, 3.05) is 25.2 Å². The summed E-state index contributed by atoms with van der Waals surface area (Å²) in [6.07, 6.45) is 2.11. The van der Waals surface area contributed by atoms with Crippen molar-refractivity contribution < 1.29 is 9.84 Å². The Labute approximate surface area is 132 Å². The van der Waals surface area contributed by atoms with Crippen molar-refractivity contribution >= 4 is 5.69 Å². The number of hydrogen-bond donors (Lipinski definition) is 1. The minimum absolute atomic E-state index is 0.206. The van der Waals surface area contributed by atoms with Gasteiger partial charge in [0.1, 0.15) is 5.75 Å². The minimum Gasteiger partial charge on any atom is -0.497 e. The van der Waals surface area contributed by atoms with Crippen LogP contribution < -0.4 is 9.64 Å². The summed E-state index contributed by atoms with van der Waals surface area (Å²) in [6, 6.07) is 18.9. The van der Waals surface area contributed by atoms with Gasteiger partial charge in [0, 0.05) is 12.2 Å². The highest BCUT2D eigenvalue weighted by Gasteiger charge is 2.31. The number of hydrogen-bond acceptors (Lipinski definition) is 3. The minimum atomic E-state index is 0.206. The second-order valence-corrected chi connectivity index (χ2v) is 5.98. The average Bonchev–Trinajstić information content (AvgIpc) is 2.99. The number of aliphatic hydroxyl groups excluding tert-OH is 1. The molecule has 2 aromatic carbocycles. The maximum Gasteiger partial charge on any atom is 0.119 e. The topological polar surface area (TPSA) is 32.7 Å². The van der Waals surface area contributed by atoms with E-state index in [0.29, 0.717) is 5.92 Å². The van der Waals surface area contributed by atoms with E-state index in [2.05, 4.69) is 47.4 Å². The zero-order valence-electron chi connectivity index (χ0n) is 13.0. The summed E-state index contributed by atoms with van der Waals surface area (Å²) in [4.78, 5) is 2.33. The van der Waals surface area contributed by atoms with Gasteiger partial charge in [0.2, 0.25) is 0 Å². The molecule has 1 aliphatic rings. The predicted molar refractivity (Wildman–Crippen MR) is 89.5 cm³/mol. The third kappa shape index (κ3) is 3.25. The lowest BCUT2D eigenvalue weighted by Gasteiger charge is -2.25. The van der Waals surface area contributed by atoms with Gasteiger partial charge in [-0.1, -0.05) is 30.3 Å². The van der Waals surface area contributed by atoms with Crippen LogP contribution in [0.1, 0.15) is 12.0 Å². The van der Waals surface area contributed by atoms with Crippen molar-refractivity contribution in [3.63, 3.8) is 0 Å². The van der Waals surface area contributed by atoms with E-state index in [1.54, 1.807) is 7.11 Å². The molecule has 1 N–H and O–H groups in total. The first-order chi connectivity index (χ1) is 10.8. The molecule has 0 aromatic heterocycles. The fraction of sp³-hybridized carbons (Fsp3) is 0.368. The molecule has 2 unspecified atom stereocenters. The zero-order chi connectivity index (χ0) is 15.4. The lowest BCUT2D eigenvalue weighted by Crippen LogP contribution is -2.32. The van der Waals surface area contributed by atoms with Crippen LogP contribution in [0.4, 0.5) is 5.69 Å². The van der Waals surface area contributed by atoms with Gasteiger partial charge in [0.15, 0.2) is 0 Å². The standard InChI is InChI=1S/C19H23NO2/c1-22-19-9-7-17(8-10-19)20-13-16(12-18(20)14-21)11-15-5-3-2-4-6-15/h2-10,16,18,21H,11-14H2,1H3. The van der Waals surface area contributed by atoms with Crippen LogP contribution in [0, 0.1) is 5.92 Å². The molecule has 1 aliphatic heterocycles. The summed E-state index contributed by atoms with van der Waals surface area (Å²) in [5.41, 5.74) is 2.54. The van der Waals surface area contributed by atoms with Crippen LogP contribution in [-0.4, -0.2) is 31.4 Å². The fourth-order valence-electron chi connectivity index (χ4n) is 3.37. The molecular weight excluding hydrogens is 274 g/mol. The third-order valence-corrected chi connectivity index (χ3v) is 4.48. The molecule has 3 heteroatoms. The van der Waals surface area contributed by atoms with Gasteiger partial charge < -0.3 is 14.7 Å². The maximum atomic E-state index is 9.72. The molecule has 3 rings (SSSR count). The Morgan fingerprint density at radius 2 is 1.82 bits per heavy atom. The van der Waals surface area contributed by atoms with Gasteiger partial charge in [-0.05, 0) is 48.6 Å². The Balaban J connectivity index is 1.71. The molecule has 0 aliphatic carbocycles. The number of aliphatic hydroxyl groups is 1. The number of nitrogens with zero attached hydrogens (tertiary/aromatic N) is 1. The van der Waals surface area contributed by atoms with Crippen molar-refractivity contribution in [3.05, 3.63) is 60.2 Å². The van der Waals surface area contributed by atoms with Crippen LogP contribution >= 0.6 is 0 Å². The van der Waals surface area contributed by atoms with E-state index in [9.17, 15) is 5.11 Å². The molecule has 22 heavy (non-hydrogen) atoms. The van der Waals surface area contributed by atoms with Gasteiger partial charge in [-0.3, -0.25) is 0 Å². The fourth-order valence-corrected chi connectivity index (χ4v) is 3.37. The smallest absolute Gasteiger partial charge is 0.119 e. The molecular formula is C19H23NO2. The van der Waals surface area contributed by atoms with Gasteiger partial charge >= 0.3 is 0 Å². The van der Waals surface area contributed by atoms with Gasteiger partial charge in [0.05, 0.1) is 19.8 Å². The first-order valence-electron chi connectivity index (χ1n) is 7.85. The van der Waals surface area contributed by atoms with Gasteiger partial charge in [0.25, 0.3) is 0 Å². The molecule has 3 nitrogen and oxygen atoms in total. The SMILES string of the molecule is COc1ccc(N2CC(Cc3ccccc3)CC2CO)cc1. The number of anilines is 1. The molecule has 2 aromatic rings. The molecule has 0 radical (unpaired) electrons. The van der Waals surface area contributed by atoms with Crippen LogP contribution in [0.25, 0.3) is 0 Å². The molecule has 1 fully saturated rings. The van der Waals surface area contributed by atoms with E-state index < -0.39 is 0 Å². The molecule has 2 atom stereocenters. The van der Waals surface area contributed by atoms with Crippen LogP contribution in [0.5, 0.6) is 5.75 Å². The number of ether oxygens (including phenoxy) is 1. The molecule has 0 spiro atoms. The van der Waals surface area contributed by atoms with Gasteiger partial charge in [-0.25, -0.2) is 0 Å². The van der Waals surface area contributed by atoms with Crippen molar-refractivity contribution in [3.8, 4) is 5.75 Å². The summed E-state index contributed by atoms with van der Waals surface area (Å²) in [5.74, 6) is 1.45. The molecule has 0 amide bonds. The second kappa shape index (κ2) is 6.84. The normalized spacial score (nSPS) is 21.1. The van der Waals surface area contributed by atoms with Crippen LogP contribution in [-0.2, 0) is 6.42 Å². The number of methoxy groups -OCH3 is 1. The lowest BCUT2D eigenvalue weighted by molar-refractivity contribution is 0.263. The highest BCUT2D eigenvalue weighted by Crippen LogP contribution is 2.31. The zero-order valence-corrected chi connectivity index (χ0v) is 13.0. The Morgan fingerprint density at radius 1 is 1.09 bits per heavy atom. The predicted octanol–water partition coefficient (Wildman–Crippen LogP) is 3.13. The molecule has 1 saturated heterocycles. The summed E-state index contributed by atoms with van der Waals surface area (Å²) < 4.78 is 5.22. The molecule has 1 heterocycles. The summed E-state index contributed by atoms with van der Waals surface area (Å²) in [6.45, 7) is 1.20. The quantitative estimate of drug-likeness (QED) is 0.920. The Kier molecular flexibility index (Phi) is 4.64. The Bertz CT molecular complexity index is 582. The van der Waals surface area contributed by atoms with E-state index in [4.69, 9.17) is 4.74 Å². The van der Waals surface area contributed by atoms with E-state index in [0.717, 1.165) is 30.8 Å². The van der Waals surface area contributed by atoms with Gasteiger partial charge in [-0.15, -0.1) is 0 Å². The summed E-state index contributed by atoms with van der Waals surface area (Å²) >= 11 is 0. The number of benzene rings is 2. The largest absolute Gasteiger partial charge is 0.497 e. The van der Waals surface area contributed by atoms with Crippen LogP contribution in [0.15, 0.2) is 54.6 Å². The average molecular weight is 297 g/mol. The summed E-state index contributed by atoms with van der Waals surface area (Å²) in [5, 5.41) is 9.72. The van der Waals surface area contributed by atoms with Crippen molar-refractivity contribution in [2.24, 2.45) is 5.92 Å². The highest BCUT2D eigenvalue weighted by atomic mass is 16.5. The maximum absolute atomic E-state index is 9.72. The molecule has 116 valence electrons. The number of rotatable bonds is 5. The molecule has 0 saturated carbocycles. The third-order valence-electron chi connectivity index (χ3n) is 4.48. The highest BCUT2D eigenvalue weighted by molar-refractivity contribution is 5.51. The first kappa shape index (κ1) is 14.9. The lowest BCUT2D eigenvalue weighted by atomic mass is 9.97. The van der Waals surface area contributed by atoms with Crippen molar-refractivity contribution in [2.45, 2.75) is 18.9 Å². The van der Waals surface area contributed by atoms with Crippen molar-refractivity contribution in [1.82, 2.24) is 0 Å². The Morgan fingerprint density at radius 3 is 2.45 bits per heavy atom. The van der Waals surface area contributed by atoms with E-state index in [1.165, 1.54) is 5.56 Å². The van der Waals surface area contributed by atoms with Crippen molar-refractivity contribution in [1.29, 1.82) is 0 Å². The summed E-state index contributed by atoms with van der Waals surface area (Å²) in [7, 11) is 1.68. The van der Waals surface area contributed by atoms with Gasteiger partial charge in [-0.2, -0.15) is 0 Å². The second-order valence-electron chi connectivity index (χ2n) is 5.98. The van der Waals surface area contributed by atoms with Crippen LogP contribution in [0.2, 0.25) is 0 Å². The first-order valence-corrected chi connectivity index (χ1v) is 7.85. The van der Waals surface area contributed by atoms with E-state index >= 15 is 0 Å². The molecule has 0 bridgehead atoms. The van der Waals surface area contributed by atoms with E-state index in [-0.39, 0.29) is 12.6 Å². The monoisotopic (exact) mass is 297 g/mol.